The Labute approximate surface area is 179 Å². The second-order valence-corrected chi connectivity index (χ2v) is 7.98. The Balaban J connectivity index is 1.38. The summed E-state index contributed by atoms with van der Waals surface area (Å²) in [6.07, 6.45) is -0.991. The maximum absolute atomic E-state index is 14.0. The highest BCUT2D eigenvalue weighted by Gasteiger charge is 2.31. The molecule has 10 heteroatoms. The molecule has 0 saturated heterocycles. The van der Waals surface area contributed by atoms with Gasteiger partial charge in [-0.1, -0.05) is 29.5 Å². The molecule has 0 spiro atoms. The maximum atomic E-state index is 14.0. The van der Waals surface area contributed by atoms with Gasteiger partial charge in [-0.3, -0.25) is 4.98 Å². The maximum Gasteiger partial charge on any atom is 0.416 e. The molecule has 0 aliphatic carbocycles. The van der Waals surface area contributed by atoms with E-state index in [9.17, 15) is 17.6 Å². The van der Waals surface area contributed by atoms with E-state index in [0.717, 1.165) is 33.5 Å². The summed E-state index contributed by atoms with van der Waals surface area (Å²) in [7, 11) is 0. The number of alkyl halides is 3. The van der Waals surface area contributed by atoms with Crippen LogP contribution in [-0.4, -0.2) is 27.8 Å². The van der Waals surface area contributed by atoms with Crippen LogP contribution in [0.3, 0.4) is 0 Å². The minimum absolute atomic E-state index is 0.0847. The molecule has 0 amide bonds. The third kappa shape index (κ3) is 4.97. The molecule has 4 aromatic rings. The van der Waals surface area contributed by atoms with Gasteiger partial charge in [-0.2, -0.15) is 13.2 Å². The van der Waals surface area contributed by atoms with E-state index >= 15 is 0 Å². The van der Waals surface area contributed by atoms with Crippen molar-refractivity contribution in [1.29, 1.82) is 0 Å². The first kappa shape index (κ1) is 21.1. The number of pyridine rings is 1. The number of hydrogen-bond acceptors (Lipinski definition) is 6. The summed E-state index contributed by atoms with van der Waals surface area (Å²) in [5, 5.41) is 14.7. The number of benzene rings is 2. The molecule has 0 bridgehead atoms. The van der Waals surface area contributed by atoms with Crippen molar-refractivity contribution in [3.8, 4) is 10.6 Å². The summed E-state index contributed by atoms with van der Waals surface area (Å²) in [5.41, 5.74) is 6.05. The number of nitrogens with one attached hydrogen (secondary N) is 1. The Kier molecular flexibility index (Phi) is 5.84. The number of rotatable bonds is 6. The highest BCUT2D eigenvalue weighted by molar-refractivity contribution is 7.18. The molecular formula is C21H17F4N5S. The van der Waals surface area contributed by atoms with Crippen LogP contribution in [0.15, 0.2) is 54.9 Å². The lowest BCUT2D eigenvalue weighted by Gasteiger charge is -2.14. The van der Waals surface area contributed by atoms with Crippen LogP contribution in [0.4, 0.5) is 22.7 Å². The summed E-state index contributed by atoms with van der Waals surface area (Å²) >= 11 is 1.35. The fourth-order valence-electron chi connectivity index (χ4n) is 3.09. The molecule has 4 rings (SSSR count). The Morgan fingerprint density at radius 3 is 2.65 bits per heavy atom. The van der Waals surface area contributed by atoms with Gasteiger partial charge in [0.05, 0.1) is 5.56 Å². The molecule has 160 valence electrons. The van der Waals surface area contributed by atoms with E-state index < -0.39 is 23.6 Å². The number of nitrogens with two attached hydrogens (primary N) is 1. The Hall–Kier alpha value is -3.11. The fourth-order valence-corrected chi connectivity index (χ4v) is 3.84. The topological polar surface area (TPSA) is 76.7 Å². The lowest BCUT2D eigenvalue weighted by Crippen LogP contribution is -2.31. The number of hydrogen-bond donors (Lipinski definition) is 2. The monoisotopic (exact) mass is 447 g/mol. The zero-order valence-electron chi connectivity index (χ0n) is 16.0. The molecule has 1 atom stereocenters. The second-order valence-electron chi connectivity index (χ2n) is 7.00. The van der Waals surface area contributed by atoms with Gasteiger partial charge in [-0.15, -0.1) is 10.2 Å². The van der Waals surface area contributed by atoms with Gasteiger partial charge in [0.1, 0.15) is 10.8 Å². The van der Waals surface area contributed by atoms with Crippen molar-refractivity contribution in [3.63, 3.8) is 0 Å². The molecular weight excluding hydrogens is 430 g/mol. The molecule has 0 aliphatic rings. The van der Waals surface area contributed by atoms with Crippen LogP contribution < -0.4 is 11.1 Å². The Morgan fingerprint density at radius 2 is 1.87 bits per heavy atom. The van der Waals surface area contributed by atoms with Gasteiger partial charge in [-0.05, 0) is 41.6 Å². The molecule has 2 aromatic carbocycles. The molecule has 0 fully saturated rings. The molecule has 0 radical (unpaired) electrons. The quantitative estimate of drug-likeness (QED) is 0.412. The average Bonchev–Trinajstić information content (AvgIpc) is 3.22. The van der Waals surface area contributed by atoms with Crippen LogP contribution >= 0.6 is 11.3 Å². The van der Waals surface area contributed by atoms with Crippen molar-refractivity contribution in [2.45, 2.75) is 18.6 Å². The van der Waals surface area contributed by atoms with E-state index in [-0.39, 0.29) is 18.5 Å². The average molecular weight is 447 g/mol. The highest BCUT2D eigenvalue weighted by atomic mass is 32.1. The van der Waals surface area contributed by atoms with Gasteiger partial charge in [-0.25, -0.2) is 4.39 Å². The number of aromatic nitrogens is 3. The predicted molar refractivity (Wildman–Crippen MR) is 112 cm³/mol. The van der Waals surface area contributed by atoms with Crippen LogP contribution in [-0.2, 0) is 12.6 Å². The van der Waals surface area contributed by atoms with Crippen molar-refractivity contribution in [1.82, 2.24) is 15.2 Å². The smallest absolute Gasteiger partial charge is 0.359 e. The summed E-state index contributed by atoms with van der Waals surface area (Å²) in [6.45, 7) is 0.262. The largest absolute Gasteiger partial charge is 0.416 e. The third-order valence-electron chi connectivity index (χ3n) is 4.69. The van der Waals surface area contributed by atoms with Gasteiger partial charge in [0, 0.05) is 35.9 Å². The second kappa shape index (κ2) is 8.56. The normalized spacial score (nSPS) is 12.8. The van der Waals surface area contributed by atoms with Crippen LogP contribution in [0, 0.1) is 5.82 Å². The van der Waals surface area contributed by atoms with Crippen LogP contribution in [0.2, 0.25) is 0 Å². The van der Waals surface area contributed by atoms with Crippen molar-refractivity contribution in [3.05, 3.63) is 71.8 Å². The lowest BCUT2D eigenvalue weighted by atomic mass is 10.0. The lowest BCUT2D eigenvalue weighted by molar-refractivity contribution is -0.137. The first-order valence-corrected chi connectivity index (χ1v) is 10.1. The van der Waals surface area contributed by atoms with Crippen molar-refractivity contribution in [2.75, 3.05) is 11.9 Å². The van der Waals surface area contributed by atoms with Gasteiger partial charge < -0.3 is 11.1 Å². The summed E-state index contributed by atoms with van der Waals surface area (Å²) in [5.74, 6) is -0.921. The zero-order valence-corrected chi connectivity index (χ0v) is 16.8. The first-order valence-electron chi connectivity index (χ1n) is 9.32. The van der Waals surface area contributed by atoms with Crippen LogP contribution in [0.25, 0.3) is 21.3 Å². The molecule has 2 heterocycles. The molecule has 3 N–H and O–H groups in total. The standard InChI is InChI=1S/C21H17F4N5S/c22-18-9-16(21(23,24)25)4-3-13(18)8-17(26)11-28-20-30-29-19(31-20)14-1-2-15-10-27-6-5-12(15)7-14/h1-7,9-10,17H,8,11,26H2,(H,28,30)/t17-/m0/s1. The predicted octanol–water partition coefficient (Wildman–Crippen LogP) is 4.89. The molecule has 31 heavy (non-hydrogen) atoms. The molecule has 0 saturated carbocycles. The summed E-state index contributed by atoms with van der Waals surface area (Å²) in [4.78, 5) is 4.09. The van der Waals surface area contributed by atoms with Gasteiger partial charge in [0.2, 0.25) is 5.13 Å². The van der Waals surface area contributed by atoms with Gasteiger partial charge in [0.25, 0.3) is 0 Å². The molecule has 0 aliphatic heterocycles. The van der Waals surface area contributed by atoms with Crippen molar-refractivity contribution in [2.24, 2.45) is 5.73 Å². The van der Waals surface area contributed by atoms with Gasteiger partial charge in [0.15, 0.2) is 0 Å². The zero-order chi connectivity index (χ0) is 22.0. The number of anilines is 1. The minimum Gasteiger partial charge on any atom is -0.359 e. The van der Waals surface area contributed by atoms with E-state index in [1.54, 1.807) is 12.4 Å². The fraction of sp³-hybridized carbons (Fsp3) is 0.190. The minimum atomic E-state index is -4.58. The van der Waals surface area contributed by atoms with E-state index in [2.05, 4.69) is 20.5 Å². The first-order chi connectivity index (χ1) is 14.8. The number of nitrogens with zero attached hydrogens (tertiary/aromatic N) is 3. The van der Waals surface area contributed by atoms with Crippen molar-refractivity contribution < 1.29 is 17.6 Å². The SMILES string of the molecule is N[C@H](CNc1nnc(-c2ccc3cnccc3c2)s1)Cc1ccc(C(F)(F)F)cc1F. The van der Waals surface area contributed by atoms with E-state index in [4.69, 9.17) is 5.73 Å². The van der Waals surface area contributed by atoms with Gasteiger partial charge >= 0.3 is 6.18 Å². The Bertz CT molecular complexity index is 1210. The van der Waals surface area contributed by atoms with Crippen LogP contribution in [0.5, 0.6) is 0 Å². The van der Waals surface area contributed by atoms with E-state index in [1.807, 2.05) is 24.3 Å². The summed E-state index contributed by atoms with van der Waals surface area (Å²) in [6, 6.07) is 9.76. The number of fused-ring (bicyclic) bond motifs is 1. The Morgan fingerprint density at radius 1 is 1.03 bits per heavy atom. The van der Waals surface area contributed by atoms with E-state index in [0.29, 0.717) is 11.2 Å². The molecule has 2 aromatic heterocycles. The van der Waals surface area contributed by atoms with Crippen molar-refractivity contribution >= 4 is 27.2 Å². The molecule has 0 unspecified atom stereocenters. The van der Waals surface area contributed by atoms with Crippen LogP contribution in [0.1, 0.15) is 11.1 Å². The molecule has 5 nitrogen and oxygen atoms in total. The van der Waals surface area contributed by atoms with E-state index in [1.165, 1.54) is 11.3 Å². The highest BCUT2D eigenvalue weighted by Crippen LogP contribution is 2.31. The number of halogens is 4. The third-order valence-corrected chi connectivity index (χ3v) is 5.62. The summed E-state index contributed by atoms with van der Waals surface area (Å²) < 4.78 is 52.0.